The molecular formula is C34H24. The highest BCUT2D eigenvalue weighted by atomic mass is 14.4. The Hall–Kier alpha value is -3.90. The molecule has 0 atom stereocenters. The lowest BCUT2D eigenvalue weighted by molar-refractivity contribution is 0.668. The van der Waals surface area contributed by atoms with Gasteiger partial charge in [-0.05, 0) is 89.3 Å². The number of fused-ring (bicyclic) bond motifs is 13. The molecule has 0 heterocycles. The van der Waals surface area contributed by atoms with E-state index in [0.717, 1.165) is 6.42 Å². The van der Waals surface area contributed by atoms with Gasteiger partial charge in [-0.1, -0.05) is 105 Å². The highest BCUT2D eigenvalue weighted by Gasteiger charge is 2.42. The van der Waals surface area contributed by atoms with Gasteiger partial charge < -0.3 is 0 Å². The van der Waals surface area contributed by atoms with Gasteiger partial charge >= 0.3 is 0 Å². The molecule has 6 aromatic carbocycles. The first-order chi connectivity index (χ1) is 16.6. The molecule has 160 valence electrons. The third kappa shape index (κ3) is 2.14. The number of rotatable bonds is 0. The van der Waals surface area contributed by atoms with Crippen molar-refractivity contribution < 1.29 is 0 Å². The lowest BCUT2D eigenvalue weighted by atomic mass is 9.76. The second kappa shape index (κ2) is 6.15. The molecule has 0 saturated heterocycles. The van der Waals surface area contributed by atoms with Gasteiger partial charge in [0.25, 0.3) is 0 Å². The van der Waals surface area contributed by atoms with Gasteiger partial charge in [-0.15, -0.1) is 0 Å². The fourth-order valence-electron chi connectivity index (χ4n) is 7.03. The van der Waals surface area contributed by atoms with Gasteiger partial charge in [0.15, 0.2) is 0 Å². The molecule has 8 rings (SSSR count). The zero-order valence-corrected chi connectivity index (χ0v) is 19.4. The van der Waals surface area contributed by atoms with E-state index in [0.29, 0.717) is 0 Å². The van der Waals surface area contributed by atoms with Gasteiger partial charge in [0.2, 0.25) is 0 Å². The highest BCUT2D eigenvalue weighted by molar-refractivity contribution is 6.13. The van der Waals surface area contributed by atoms with E-state index in [4.69, 9.17) is 0 Å². The summed E-state index contributed by atoms with van der Waals surface area (Å²) in [5, 5.41) is 8.19. The van der Waals surface area contributed by atoms with Crippen molar-refractivity contribution in [1.82, 2.24) is 0 Å². The van der Waals surface area contributed by atoms with Crippen LogP contribution in [0.5, 0.6) is 0 Å². The van der Waals surface area contributed by atoms with E-state index in [1.54, 1.807) is 0 Å². The van der Waals surface area contributed by atoms with Crippen molar-refractivity contribution in [3.8, 4) is 22.3 Å². The van der Waals surface area contributed by atoms with Crippen molar-refractivity contribution in [3.05, 3.63) is 119 Å². The van der Waals surface area contributed by atoms with E-state index < -0.39 is 0 Å². The van der Waals surface area contributed by atoms with Gasteiger partial charge in [0, 0.05) is 5.41 Å². The molecule has 0 heteroatoms. The molecule has 0 fully saturated rings. The Morgan fingerprint density at radius 3 is 1.97 bits per heavy atom. The summed E-state index contributed by atoms with van der Waals surface area (Å²) in [6, 6.07) is 36.3. The van der Waals surface area contributed by atoms with Gasteiger partial charge in [-0.25, -0.2) is 0 Å². The molecule has 0 unspecified atom stereocenters. The number of hydrogen-bond acceptors (Lipinski definition) is 0. The van der Waals surface area contributed by atoms with Crippen molar-refractivity contribution in [2.45, 2.75) is 25.7 Å². The quantitative estimate of drug-likeness (QED) is 0.224. The molecule has 0 N–H and O–H groups in total. The van der Waals surface area contributed by atoms with E-state index >= 15 is 0 Å². The molecule has 0 radical (unpaired) electrons. The van der Waals surface area contributed by atoms with Gasteiger partial charge in [-0.2, -0.15) is 0 Å². The summed E-state index contributed by atoms with van der Waals surface area (Å²) in [6.07, 6.45) is 1.01. The Morgan fingerprint density at radius 1 is 0.529 bits per heavy atom. The molecular weight excluding hydrogens is 408 g/mol. The van der Waals surface area contributed by atoms with Crippen molar-refractivity contribution in [2.75, 3.05) is 0 Å². The maximum Gasteiger partial charge on any atom is 0.0171 e. The maximum atomic E-state index is 2.45. The molecule has 2 aliphatic rings. The van der Waals surface area contributed by atoms with Crippen LogP contribution in [0.4, 0.5) is 0 Å². The van der Waals surface area contributed by atoms with Gasteiger partial charge in [0.1, 0.15) is 0 Å². The van der Waals surface area contributed by atoms with Crippen LogP contribution in [0.2, 0.25) is 0 Å². The average Bonchev–Trinajstić information content (AvgIpc) is 3.35. The topological polar surface area (TPSA) is 0 Å². The van der Waals surface area contributed by atoms with Crippen LogP contribution in [0.1, 0.15) is 36.1 Å². The molecule has 0 saturated carbocycles. The van der Waals surface area contributed by atoms with Crippen LogP contribution in [0.15, 0.2) is 97.1 Å². The molecule has 6 aromatic rings. The van der Waals surface area contributed by atoms with Crippen molar-refractivity contribution in [3.63, 3.8) is 0 Å². The number of hydrogen-bond donors (Lipinski definition) is 0. The second-order valence-electron chi connectivity index (χ2n) is 10.5. The van der Waals surface area contributed by atoms with Gasteiger partial charge in [0.05, 0.1) is 0 Å². The average molecular weight is 433 g/mol. The smallest absolute Gasteiger partial charge is 0.0171 e. The third-order valence-electron chi connectivity index (χ3n) is 8.38. The van der Waals surface area contributed by atoms with Crippen LogP contribution in [-0.4, -0.2) is 0 Å². The zero-order chi connectivity index (χ0) is 22.6. The van der Waals surface area contributed by atoms with E-state index in [9.17, 15) is 0 Å². The first kappa shape index (κ1) is 18.5. The molecule has 0 bridgehead atoms. The van der Waals surface area contributed by atoms with E-state index in [1.165, 1.54) is 76.8 Å². The Labute approximate surface area is 199 Å². The highest BCUT2D eigenvalue weighted by Crippen LogP contribution is 2.59. The lowest BCUT2D eigenvalue weighted by Crippen LogP contribution is -2.17. The van der Waals surface area contributed by atoms with E-state index in [2.05, 4.69) is 111 Å². The Morgan fingerprint density at radius 2 is 1.18 bits per heavy atom. The van der Waals surface area contributed by atoms with Crippen LogP contribution in [0.3, 0.4) is 0 Å². The summed E-state index contributed by atoms with van der Waals surface area (Å²) in [5.74, 6) is 0. The number of benzene rings is 6. The Bertz CT molecular complexity index is 1850. The third-order valence-corrected chi connectivity index (χ3v) is 8.38. The van der Waals surface area contributed by atoms with Crippen LogP contribution in [0.25, 0.3) is 54.6 Å². The summed E-state index contributed by atoms with van der Waals surface area (Å²) in [6.45, 7) is 4.89. The second-order valence-corrected chi connectivity index (χ2v) is 10.5. The van der Waals surface area contributed by atoms with Gasteiger partial charge in [-0.3, -0.25) is 0 Å². The van der Waals surface area contributed by atoms with E-state index in [1.807, 2.05) is 0 Å². The summed E-state index contributed by atoms with van der Waals surface area (Å²) < 4.78 is 0. The predicted octanol–water partition coefficient (Wildman–Crippen LogP) is 9.02. The first-order valence-corrected chi connectivity index (χ1v) is 12.3. The molecule has 0 spiro atoms. The minimum atomic E-state index is -0.0765. The standard InChI is InChI=1S/C34H24/c1-34(2)32-24-12-6-5-9-20(24)15-16-27(32)30-26-14-8-7-13-25(26)29-19-23-17-21-10-3-4-11-22(21)18-28(23)31(29)33(30)34/h3-18H,19H2,1-2H3. The van der Waals surface area contributed by atoms with Crippen molar-refractivity contribution in [1.29, 1.82) is 0 Å². The normalized spacial score (nSPS) is 14.9. The Balaban J connectivity index is 1.58. The lowest BCUT2D eigenvalue weighted by Gasteiger charge is -2.26. The minimum Gasteiger partial charge on any atom is -0.0616 e. The van der Waals surface area contributed by atoms with Crippen LogP contribution in [-0.2, 0) is 11.8 Å². The van der Waals surface area contributed by atoms with Crippen molar-refractivity contribution in [2.24, 2.45) is 0 Å². The first-order valence-electron chi connectivity index (χ1n) is 12.3. The molecule has 34 heavy (non-hydrogen) atoms. The zero-order valence-electron chi connectivity index (χ0n) is 19.4. The molecule has 2 aliphatic carbocycles. The predicted molar refractivity (Wildman–Crippen MR) is 145 cm³/mol. The summed E-state index contributed by atoms with van der Waals surface area (Å²) >= 11 is 0. The summed E-state index contributed by atoms with van der Waals surface area (Å²) in [5.41, 5.74) is 11.7. The fourth-order valence-corrected chi connectivity index (χ4v) is 7.03. The largest absolute Gasteiger partial charge is 0.0616 e. The monoisotopic (exact) mass is 432 g/mol. The van der Waals surface area contributed by atoms with E-state index in [-0.39, 0.29) is 5.41 Å². The minimum absolute atomic E-state index is 0.0765. The fraction of sp³-hybridized carbons (Fsp3) is 0.118. The van der Waals surface area contributed by atoms with Crippen LogP contribution < -0.4 is 0 Å². The van der Waals surface area contributed by atoms with Crippen LogP contribution in [0, 0.1) is 0 Å². The molecule has 0 nitrogen and oxygen atoms in total. The van der Waals surface area contributed by atoms with Crippen LogP contribution >= 0.6 is 0 Å². The van der Waals surface area contributed by atoms with Crippen molar-refractivity contribution >= 4 is 32.3 Å². The SMILES string of the molecule is CC1(C)c2c3c(c4ccccc4c2-c2ccc4ccccc4c21)Cc1cc2ccccc2cc1-3. The summed E-state index contributed by atoms with van der Waals surface area (Å²) in [7, 11) is 0. The Kier molecular flexibility index (Phi) is 3.35. The maximum absolute atomic E-state index is 2.45. The molecule has 0 aromatic heterocycles. The summed E-state index contributed by atoms with van der Waals surface area (Å²) in [4.78, 5) is 0. The molecule has 0 aliphatic heterocycles. The molecule has 0 amide bonds.